The predicted molar refractivity (Wildman–Crippen MR) is 95.6 cm³/mol. The summed E-state index contributed by atoms with van der Waals surface area (Å²) in [5, 5.41) is 13.4. The maximum absolute atomic E-state index is 12.4. The van der Waals surface area contributed by atoms with Gasteiger partial charge in [-0.25, -0.2) is 0 Å². The minimum atomic E-state index is -0.250. The number of aromatic nitrogens is 2. The van der Waals surface area contributed by atoms with Crippen molar-refractivity contribution < 1.29 is 28.8 Å². The molecule has 0 radical (unpaired) electrons. The monoisotopic (exact) mass is 388 g/mol. The molecule has 28 heavy (non-hydrogen) atoms. The van der Waals surface area contributed by atoms with Crippen LogP contribution in [0.3, 0.4) is 0 Å². The molecule has 1 saturated heterocycles. The van der Waals surface area contributed by atoms with Crippen molar-refractivity contribution >= 4 is 24.0 Å². The summed E-state index contributed by atoms with van der Waals surface area (Å²) in [6.45, 7) is 1.05. The van der Waals surface area contributed by atoms with Gasteiger partial charge in [0.1, 0.15) is 0 Å². The quantitative estimate of drug-likeness (QED) is 0.728. The van der Waals surface area contributed by atoms with Crippen LogP contribution in [0.15, 0.2) is 35.1 Å². The lowest BCUT2D eigenvalue weighted by Crippen LogP contribution is -2.31. The first-order valence-corrected chi connectivity index (χ1v) is 8.65. The van der Waals surface area contributed by atoms with E-state index in [2.05, 4.69) is 15.5 Å². The van der Waals surface area contributed by atoms with Gasteiger partial charge in [0.15, 0.2) is 0 Å². The topological polar surface area (TPSA) is 135 Å². The molecule has 3 heterocycles. The van der Waals surface area contributed by atoms with Gasteiger partial charge in [-0.15, -0.1) is 0 Å². The summed E-state index contributed by atoms with van der Waals surface area (Å²) in [7, 11) is 1.47. The van der Waals surface area contributed by atoms with Crippen molar-refractivity contribution in [3.63, 3.8) is 0 Å². The number of anilines is 1. The number of fused-ring (bicyclic) bond motifs is 1. The Balaban J connectivity index is 0.000000706. The molecule has 2 N–H and O–H groups in total. The number of pyridine rings is 1. The molecule has 3 atom stereocenters. The van der Waals surface area contributed by atoms with Gasteiger partial charge in [0.25, 0.3) is 18.3 Å². The zero-order valence-corrected chi connectivity index (χ0v) is 15.1. The van der Waals surface area contributed by atoms with E-state index < -0.39 is 0 Å². The number of piperidine rings is 1. The Hall–Kier alpha value is -3.43. The van der Waals surface area contributed by atoms with Crippen LogP contribution in [0.5, 0.6) is 5.88 Å². The summed E-state index contributed by atoms with van der Waals surface area (Å²) in [5.41, 5.74) is 0.703. The minimum Gasteiger partial charge on any atom is -0.483 e. The fraction of sp³-hybridized carbons (Fsp3) is 0.389. The first kappa shape index (κ1) is 19.3. The molecule has 1 aliphatic heterocycles. The van der Waals surface area contributed by atoms with Crippen LogP contribution in [0.25, 0.3) is 0 Å². The summed E-state index contributed by atoms with van der Waals surface area (Å²) in [5.74, 6) is 1.39. The van der Waals surface area contributed by atoms with Gasteiger partial charge in [0, 0.05) is 25.7 Å². The van der Waals surface area contributed by atoms with Crippen LogP contribution >= 0.6 is 0 Å². The zero-order valence-electron chi connectivity index (χ0n) is 15.1. The van der Waals surface area contributed by atoms with E-state index >= 15 is 0 Å². The molecule has 1 aliphatic carbocycles. The van der Waals surface area contributed by atoms with Crippen molar-refractivity contribution in [1.82, 2.24) is 15.0 Å². The van der Waals surface area contributed by atoms with Crippen LogP contribution < -0.4 is 10.1 Å². The van der Waals surface area contributed by atoms with Crippen molar-refractivity contribution in [2.75, 3.05) is 25.5 Å². The van der Waals surface area contributed by atoms with Gasteiger partial charge in [-0.3, -0.25) is 19.4 Å². The highest BCUT2D eigenvalue weighted by Gasteiger charge is 2.57. The third-order valence-corrected chi connectivity index (χ3v) is 4.93. The summed E-state index contributed by atoms with van der Waals surface area (Å²) >= 11 is 0. The number of amides is 2. The Morgan fingerprint density at radius 2 is 2.14 bits per heavy atom. The lowest BCUT2D eigenvalue weighted by molar-refractivity contribution is -0.123. The van der Waals surface area contributed by atoms with Gasteiger partial charge in [-0.1, -0.05) is 0 Å². The molecular weight excluding hydrogens is 368 g/mol. The number of likely N-dealkylation sites (tertiary alicyclic amines) is 1. The molecule has 2 aromatic rings. The number of nitrogens with one attached hydrogen (secondary N) is 1. The van der Waals surface area contributed by atoms with Crippen molar-refractivity contribution in [3.05, 3.63) is 36.4 Å². The highest BCUT2D eigenvalue weighted by atomic mass is 16.5. The number of ether oxygens (including phenoxy) is 1. The minimum absolute atomic E-state index is 0.00903. The standard InChI is InChI=1S/C17H18N4O4.CH2O2/c1-24-16-6-14(25-20-16)17(23)21-8-12-11(13(12)9-21)5-15(22)19-10-3-2-4-18-7-10;2-1-3/h2-4,6-7,11-13H,5,8-9H2,1H3,(H,19,22);1H,(H,2,3)/t11?,12-,13+;. The van der Waals surface area contributed by atoms with Gasteiger partial charge in [0.2, 0.25) is 11.7 Å². The second-order valence-electron chi connectivity index (χ2n) is 6.53. The van der Waals surface area contributed by atoms with Gasteiger partial charge in [-0.05, 0) is 35.0 Å². The average molecular weight is 388 g/mol. The average Bonchev–Trinajstić information content (AvgIpc) is 3.11. The number of carboxylic acid groups (broad SMARTS) is 1. The SMILES string of the molecule is COc1cc(C(=O)N2C[C@@H]3C(CC(=O)Nc4cccnc4)[C@@H]3C2)on1.O=CO. The van der Waals surface area contributed by atoms with E-state index in [1.54, 1.807) is 23.4 Å². The smallest absolute Gasteiger partial charge is 0.292 e. The maximum atomic E-state index is 12.4. The molecule has 148 valence electrons. The fourth-order valence-corrected chi connectivity index (χ4v) is 3.59. The van der Waals surface area contributed by atoms with Crippen LogP contribution in [-0.2, 0) is 9.59 Å². The molecule has 4 rings (SSSR count). The van der Waals surface area contributed by atoms with Crippen LogP contribution in [0.2, 0.25) is 0 Å². The van der Waals surface area contributed by atoms with E-state index in [0.717, 1.165) is 0 Å². The van der Waals surface area contributed by atoms with E-state index in [9.17, 15) is 9.59 Å². The molecule has 0 spiro atoms. The molecule has 1 saturated carbocycles. The Labute approximate surface area is 160 Å². The molecule has 2 aromatic heterocycles. The van der Waals surface area contributed by atoms with Crippen molar-refractivity contribution in [3.8, 4) is 5.88 Å². The Morgan fingerprint density at radius 1 is 1.43 bits per heavy atom. The molecule has 0 bridgehead atoms. The van der Waals surface area contributed by atoms with E-state index in [1.165, 1.54) is 13.2 Å². The summed E-state index contributed by atoms with van der Waals surface area (Å²) in [6, 6.07) is 5.08. The molecule has 1 unspecified atom stereocenters. The largest absolute Gasteiger partial charge is 0.483 e. The number of nitrogens with zero attached hydrogens (tertiary/aromatic N) is 3. The molecule has 2 aliphatic rings. The molecule has 10 nitrogen and oxygen atoms in total. The number of rotatable bonds is 5. The molecule has 2 fully saturated rings. The third kappa shape index (κ3) is 4.27. The van der Waals surface area contributed by atoms with Crippen molar-refractivity contribution in [1.29, 1.82) is 0 Å². The second-order valence-corrected chi connectivity index (χ2v) is 6.53. The molecule has 10 heteroatoms. The number of hydrogen-bond donors (Lipinski definition) is 2. The first-order chi connectivity index (χ1) is 13.6. The lowest BCUT2D eigenvalue weighted by Gasteiger charge is -2.18. The number of methoxy groups -OCH3 is 1. The van der Waals surface area contributed by atoms with Gasteiger partial charge in [-0.2, -0.15) is 0 Å². The van der Waals surface area contributed by atoms with Crippen molar-refractivity contribution in [2.24, 2.45) is 17.8 Å². The number of carbonyl (C=O) groups excluding carboxylic acids is 2. The van der Waals surface area contributed by atoms with E-state index in [4.69, 9.17) is 19.2 Å². The first-order valence-electron chi connectivity index (χ1n) is 8.65. The van der Waals surface area contributed by atoms with Crippen molar-refractivity contribution in [2.45, 2.75) is 6.42 Å². The van der Waals surface area contributed by atoms with Gasteiger partial charge < -0.3 is 24.6 Å². The highest BCUT2D eigenvalue weighted by molar-refractivity contribution is 5.92. The molecule has 0 aromatic carbocycles. The molecule has 2 amide bonds. The highest BCUT2D eigenvalue weighted by Crippen LogP contribution is 2.53. The fourth-order valence-electron chi connectivity index (χ4n) is 3.59. The number of hydrogen-bond acceptors (Lipinski definition) is 7. The Kier molecular flexibility index (Phi) is 5.87. The van der Waals surface area contributed by atoms with E-state index in [-0.39, 0.29) is 29.9 Å². The maximum Gasteiger partial charge on any atom is 0.292 e. The zero-order chi connectivity index (χ0) is 20.1. The summed E-state index contributed by atoms with van der Waals surface area (Å²) < 4.78 is 9.92. The van der Waals surface area contributed by atoms with Gasteiger partial charge >= 0.3 is 0 Å². The van der Waals surface area contributed by atoms with E-state index in [1.807, 2.05) is 6.07 Å². The lowest BCUT2D eigenvalue weighted by atomic mass is 10.1. The molecular formula is C18H20N4O6. The summed E-state index contributed by atoms with van der Waals surface area (Å²) in [6.07, 6.45) is 3.76. The van der Waals surface area contributed by atoms with Crippen LogP contribution in [0, 0.1) is 17.8 Å². The Bertz CT molecular complexity index is 828. The predicted octanol–water partition coefficient (Wildman–Crippen LogP) is 1.13. The van der Waals surface area contributed by atoms with Crippen LogP contribution in [-0.4, -0.2) is 58.6 Å². The Morgan fingerprint density at radius 3 is 2.71 bits per heavy atom. The normalized spacial score (nSPS) is 21.8. The summed E-state index contributed by atoms with van der Waals surface area (Å²) in [4.78, 5) is 38.6. The third-order valence-electron chi connectivity index (χ3n) is 4.93. The van der Waals surface area contributed by atoms with Crippen LogP contribution in [0.1, 0.15) is 17.0 Å². The second kappa shape index (κ2) is 8.51. The van der Waals surface area contributed by atoms with Crippen LogP contribution in [0.4, 0.5) is 5.69 Å². The van der Waals surface area contributed by atoms with Gasteiger partial charge in [0.05, 0.1) is 25.1 Å². The van der Waals surface area contributed by atoms with E-state index in [0.29, 0.717) is 43.0 Å². The number of carbonyl (C=O) groups is 3.